The number of rotatable bonds is 4. The molecule has 1 amide bonds. The third kappa shape index (κ3) is 3.16. The van der Waals surface area contributed by atoms with Gasteiger partial charge in [-0.15, -0.1) is 0 Å². The molecule has 2 rings (SSSR count). The first-order chi connectivity index (χ1) is 8.65. The van der Waals surface area contributed by atoms with Gasteiger partial charge in [0.05, 0.1) is 6.20 Å². The Bertz CT molecular complexity index is 508. The summed E-state index contributed by atoms with van der Waals surface area (Å²) < 4.78 is 12.8. The van der Waals surface area contributed by atoms with Crippen LogP contribution in [0, 0.1) is 5.82 Å². The Morgan fingerprint density at radius 1 is 1.39 bits per heavy atom. The van der Waals surface area contributed by atoms with E-state index in [4.69, 9.17) is 0 Å². The second kappa shape index (κ2) is 5.44. The summed E-state index contributed by atoms with van der Waals surface area (Å²) in [7, 11) is 0. The topological polar surface area (TPSA) is 57.8 Å². The van der Waals surface area contributed by atoms with E-state index in [2.05, 4.69) is 15.5 Å². The molecule has 1 unspecified atom stereocenters. The van der Waals surface area contributed by atoms with Gasteiger partial charge in [-0.3, -0.25) is 9.89 Å². The summed E-state index contributed by atoms with van der Waals surface area (Å²) in [4.78, 5) is 11.7. The van der Waals surface area contributed by atoms with Crippen LogP contribution in [0.2, 0.25) is 0 Å². The fraction of sp³-hybridized carbons (Fsp3) is 0.231. The predicted octanol–water partition coefficient (Wildman–Crippen LogP) is 2.68. The number of aromatic nitrogens is 2. The number of halogens is 1. The normalized spacial score (nSPS) is 12.1. The summed E-state index contributed by atoms with van der Waals surface area (Å²) in [6.07, 6.45) is 1.91. The molecule has 2 aromatic rings. The first-order valence-corrected chi connectivity index (χ1v) is 5.70. The average Bonchev–Trinajstić information content (AvgIpc) is 2.82. The molecule has 0 fully saturated rings. The smallest absolute Gasteiger partial charge is 0.226 e. The molecular weight excluding hydrogens is 233 g/mol. The highest BCUT2D eigenvalue weighted by Gasteiger charge is 2.11. The quantitative estimate of drug-likeness (QED) is 0.872. The van der Waals surface area contributed by atoms with Gasteiger partial charge in [-0.25, -0.2) is 4.39 Å². The maximum absolute atomic E-state index is 12.8. The number of H-pyrrole nitrogens is 1. The third-order valence-corrected chi connectivity index (χ3v) is 2.71. The number of carbonyl (C=O) groups is 1. The summed E-state index contributed by atoms with van der Waals surface area (Å²) in [6, 6.07) is 7.88. The van der Waals surface area contributed by atoms with Gasteiger partial charge in [-0.05, 0) is 23.6 Å². The molecule has 1 aromatic carbocycles. The highest BCUT2D eigenvalue weighted by Crippen LogP contribution is 2.19. The van der Waals surface area contributed by atoms with Gasteiger partial charge in [-0.2, -0.15) is 5.10 Å². The van der Waals surface area contributed by atoms with Crippen LogP contribution in [0.5, 0.6) is 0 Å². The van der Waals surface area contributed by atoms with Crippen LogP contribution in [0.3, 0.4) is 0 Å². The number of nitrogens with one attached hydrogen (secondary N) is 2. The van der Waals surface area contributed by atoms with Gasteiger partial charge in [0.25, 0.3) is 0 Å². The largest absolute Gasteiger partial charge is 0.311 e. The van der Waals surface area contributed by atoms with E-state index in [1.54, 1.807) is 24.4 Å². The monoisotopic (exact) mass is 247 g/mol. The van der Waals surface area contributed by atoms with E-state index in [0.717, 1.165) is 5.56 Å². The number of benzene rings is 1. The zero-order valence-corrected chi connectivity index (χ0v) is 9.98. The number of aromatic amines is 1. The molecule has 2 N–H and O–H groups in total. The molecule has 4 nitrogen and oxygen atoms in total. The summed E-state index contributed by atoms with van der Waals surface area (Å²) in [5.74, 6) is 0.240. The van der Waals surface area contributed by atoms with Crippen LogP contribution in [0.25, 0.3) is 0 Å². The van der Waals surface area contributed by atoms with Gasteiger partial charge < -0.3 is 5.32 Å². The SMILES string of the molecule is CC(CC(=O)Nc1ccn[nH]1)c1ccc(F)cc1. The van der Waals surface area contributed by atoms with Gasteiger partial charge in [0, 0.05) is 12.5 Å². The molecule has 18 heavy (non-hydrogen) atoms. The van der Waals surface area contributed by atoms with Crippen molar-refractivity contribution in [3.63, 3.8) is 0 Å². The molecule has 94 valence electrons. The molecule has 0 bridgehead atoms. The Balaban J connectivity index is 1.92. The van der Waals surface area contributed by atoms with Gasteiger partial charge in [0.1, 0.15) is 11.6 Å². The minimum Gasteiger partial charge on any atom is -0.311 e. The van der Waals surface area contributed by atoms with Crippen molar-refractivity contribution in [2.75, 3.05) is 5.32 Å². The second-order valence-corrected chi connectivity index (χ2v) is 4.18. The molecule has 5 heteroatoms. The van der Waals surface area contributed by atoms with Gasteiger partial charge in [0.2, 0.25) is 5.91 Å². The van der Waals surface area contributed by atoms with Crippen molar-refractivity contribution in [1.82, 2.24) is 10.2 Å². The number of hydrogen-bond acceptors (Lipinski definition) is 2. The van der Waals surface area contributed by atoms with E-state index < -0.39 is 0 Å². The Morgan fingerprint density at radius 3 is 2.72 bits per heavy atom. The Labute approximate surface area is 104 Å². The van der Waals surface area contributed by atoms with Crippen molar-refractivity contribution < 1.29 is 9.18 Å². The van der Waals surface area contributed by atoms with E-state index in [0.29, 0.717) is 12.2 Å². The fourth-order valence-electron chi connectivity index (χ4n) is 1.71. The van der Waals surface area contributed by atoms with E-state index >= 15 is 0 Å². The van der Waals surface area contributed by atoms with Gasteiger partial charge in [-0.1, -0.05) is 19.1 Å². The first kappa shape index (κ1) is 12.3. The molecule has 0 saturated heterocycles. The second-order valence-electron chi connectivity index (χ2n) is 4.18. The fourth-order valence-corrected chi connectivity index (χ4v) is 1.71. The first-order valence-electron chi connectivity index (χ1n) is 5.70. The lowest BCUT2D eigenvalue weighted by molar-refractivity contribution is -0.116. The third-order valence-electron chi connectivity index (χ3n) is 2.71. The van der Waals surface area contributed by atoms with Crippen LogP contribution in [0.4, 0.5) is 10.2 Å². The van der Waals surface area contributed by atoms with Crippen LogP contribution in [0.1, 0.15) is 24.8 Å². The maximum atomic E-state index is 12.8. The highest BCUT2D eigenvalue weighted by atomic mass is 19.1. The van der Waals surface area contributed by atoms with Crippen LogP contribution in [-0.2, 0) is 4.79 Å². The molecule has 0 spiro atoms. The van der Waals surface area contributed by atoms with Crippen LogP contribution >= 0.6 is 0 Å². The number of anilines is 1. The van der Waals surface area contributed by atoms with Crippen molar-refractivity contribution in [3.8, 4) is 0 Å². The summed E-state index contributed by atoms with van der Waals surface area (Å²) in [5.41, 5.74) is 0.941. The molecule has 0 radical (unpaired) electrons. The van der Waals surface area contributed by atoms with E-state index in [9.17, 15) is 9.18 Å². The highest BCUT2D eigenvalue weighted by molar-refractivity contribution is 5.90. The minimum atomic E-state index is -0.270. The number of carbonyl (C=O) groups excluding carboxylic acids is 1. The molecule has 0 aliphatic carbocycles. The molecule has 0 aliphatic heterocycles. The zero-order chi connectivity index (χ0) is 13.0. The summed E-state index contributed by atoms with van der Waals surface area (Å²) in [6.45, 7) is 1.93. The average molecular weight is 247 g/mol. The van der Waals surface area contributed by atoms with Gasteiger partial charge >= 0.3 is 0 Å². The number of amides is 1. The van der Waals surface area contributed by atoms with E-state index in [1.807, 2.05) is 6.92 Å². The Morgan fingerprint density at radius 2 is 2.11 bits per heavy atom. The zero-order valence-electron chi connectivity index (χ0n) is 9.98. The standard InChI is InChI=1S/C13H14FN3O/c1-9(10-2-4-11(14)5-3-10)8-13(18)16-12-6-7-15-17-12/h2-7,9H,8H2,1H3,(H2,15,16,17,18). The maximum Gasteiger partial charge on any atom is 0.226 e. The molecule has 0 aliphatic rings. The van der Waals surface area contributed by atoms with Crippen LogP contribution < -0.4 is 5.32 Å². The van der Waals surface area contributed by atoms with Crippen LogP contribution in [0.15, 0.2) is 36.5 Å². The Kier molecular flexibility index (Phi) is 3.72. The number of hydrogen-bond donors (Lipinski definition) is 2. The van der Waals surface area contributed by atoms with Crippen molar-refractivity contribution >= 4 is 11.7 Å². The molecule has 1 atom stereocenters. The van der Waals surface area contributed by atoms with Crippen molar-refractivity contribution in [3.05, 3.63) is 47.9 Å². The molecule has 1 heterocycles. The summed E-state index contributed by atoms with van der Waals surface area (Å²) in [5, 5.41) is 9.10. The lowest BCUT2D eigenvalue weighted by Gasteiger charge is -2.11. The lowest BCUT2D eigenvalue weighted by Crippen LogP contribution is -2.14. The molecule has 1 aromatic heterocycles. The van der Waals surface area contributed by atoms with E-state index in [-0.39, 0.29) is 17.6 Å². The van der Waals surface area contributed by atoms with Gasteiger partial charge in [0.15, 0.2) is 0 Å². The number of nitrogens with zero attached hydrogens (tertiary/aromatic N) is 1. The lowest BCUT2D eigenvalue weighted by atomic mass is 9.97. The van der Waals surface area contributed by atoms with Crippen molar-refractivity contribution in [1.29, 1.82) is 0 Å². The molecule has 0 saturated carbocycles. The van der Waals surface area contributed by atoms with Crippen LogP contribution in [-0.4, -0.2) is 16.1 Å². The summed E-state index contributed by atoms with van der Waals surface area (Å²) >= 11 is 0. The molecular formula is C13H14FN3O. The minimum absolute atomic E-state index is 0.0357. The van der Waals surface area contributed by atoms with Crippen molar-refractivity contribution in [2.45, 2.75) is 19.3 Å². The van der Waals surface area contributed by atoms with E-state index in [1.165, 1.54) is 12.1 Å². The predicted molar refractivity (Wildman–Crippen MR) is 66.6 cm³/mol. The Hall–Kier alpha value is -2.17. The van der Waals surface area contributed by atoms with Crippen molar-refractivity contribution in [2.24, 2.45) is 0 Å².